The maximum atomic E-state index is 11.6. The third-order valence-electron chi connectivity index (χ3n) is 1.71. The van der Waals surface area contributed by atoms with Gasteiger partial charge in [-0.15, -0.1) is 0 Å². The second kappa shape index (κ2) is 4.36. The van der Waals surface area contributed by atoms with E-state index in [9.17, 15) is 4.79 Å². The first-order valence-corrected chi connectivity index (χ1v) is 4.30. The first-order valence-electron chi connectivity index (χ1n) is 4.30. The summed E-state index contributed by atoms with van der Waals surface area (Å²) in [5.41, 5.74) is 2.46. The molecule has 8 heteroatoms. The number of anilines is 2. The van der Waals surface area contributed by atoms with Crippen LogP contribution in [0.25, 0.3) is 0 Å². The molecule has 4 N–H and O–H groups in total. The van der Waals surface area contributed by atoms with Crippen LogP contribution in [0.5, 0.6) is 0 Å². The van der Waals surface area contributed by atoms with Crippen molar-refractivity contribution in [1.82, 2.24) is 15.1 Å². The highest BCUT2D eigenvalue weighted by Crippen LogP contribution is 2.04. The molecule has 0 spiro atoms. The molecule has 0 aliphatic carbocycles. The highest BCUT2D eigenvalue weighted by atomic mass is 16.5. The fourth-order valence-electron chi connectivity index (χ4n) is 0.977. The van der Waals surface area contributed by atoms with Crippen LogP contribution in [0.15, 0.2) is 29.2 Å². The molecule has 0 aliphatic heterocycles. The van der Waals surface area contributed by atoms with E-state index >= 15 is 0 Å². The van der Waals surface area contributed by atoms with Gasteiger partial charge in [-0.1, -0.05) is 5.16 Å². The molecular formula is C8H8N6O2. The minimum atomic E-state index is -0.426. The lowest BCUT2D eigenvalue weighted by Crippen LogP contribution is -2.15. The van der Waals surface area contributed by atoms with Crippen LogP contribution in [0, 0.1) is 0 Å². The summed E-state index contributed by atoms with van der Waals surface area (Å²) in [6.07, 6.45) is 3.99. The van der Waals surface area contributed by atoms with E-state index in [2.05, 4.69) is 30.4 Å². The van der Waals surface area contributed by atoms with Gasteiger partial charge >= 0.3 is 0 Å². The third kappa shape index (κ3) is 2.12. The molecular weight excluding hydrogens is 212 g/mol. The zero-order chi connectivity index (χ0) is 11.4. The Labute approximate surface area is 89.8 Å². The Kier molecular flexibility index (Phi) is 2.74. The lowest BCUT2D eigenvalue weighted by atomic mass is 10.4. The van der Waals surface area contributed by atoms with E-state index in [1.54, 1.807) is 0 Å². The van der Waals surface area contributed by atoms with Crippen LogP contribution in [0.1, 0.15) is 10.5 Å². The highest BCUT2D eigenvalue weighted by molar-refractivity contribution is 6.02. The van der Waals surface area contributed by atoms with Gasteiger partial charge in [0.2, 0.25) is 0 Å². The van der Waals surface area contributed by atoms with E-state index in [0.29, 0.717) is 11.6 Å². The lowest BCUT2D eigenvalue weighted by molar-refractivity contribution is 0.102. The Balaban J connectivity index is 2.09. The van der Waals surface area contributed by atoms with E-state index in [-0.39, 0.29) is 5.69 Å². The predicted octanol–water partition coefficient (Wildman–Crippen LogP) is 0.00250. The van der Waals surface area contributed by atoms with Crippen LogP contribution in [0.2, 0.25) is 0 Å². The Hall–Kier alpha value is -2.48. The first-order chi connectivity index (χ1) is 7.79. The van der Waals surface area contributed by atoms with Gasteiger partial charge in [0, 0.05) is 6.07 Å². The topological polar surface area (TPSA) is 119 Å². The van der Waals surface area contributed by atoms with Gasteiger partial charge < -0.3 is 15.3 Å². The zero-order valence-electron chi connectivity index (χ0n) is 8.04. The second-order valence-corrected chi connectivity index (χ2v) is 2.77. The number of nitrogens with zero attached hydrogens (tertiary/aromatic N) is 3. The van der Waals surface area contributed by atoms with E-state index in [1.165, 1.54) is 24.7 Å². The molecule has 0 aliphatic rings. The van der Waals surface area contributed by atoms with Crippen molar-refractivity contribution >= 4 is 17.5 Å². The molecule has 0 bridgehead atoms. The Morgan fingerprint density at radius 1 is 1.31 bits per heavy atom. The number of amides is 1. The zero-order valence-corrected chi connectivity index (χ0v) is 8.04. The van der Waals surface area contributed by atoms with E-state index in [0.717, 1.165) is 0 Å². The molecule has 0 atom stereocenters. The van der Waals surface area contributed by atoms with Crippen LogP contribution < -0.4 is 16.6 Å². The molecule has 16 heavy (non-hydrogen) atoms. The Morgan fingerprint density at radius 2 is 2.19 bits per heavy atom. The second-order valence-electron chi connectivity index (χ2n) is 2.77. The summed E-state index contributed by atoms with van der Waals surface area (Å²) >= 11 is 0. The van der Waals surface area contributed by atoms with Crippen LogP contribution in [-0.4, -0.2) is 21.0 Å². The van der Waals surface area contributed by atoms with Gasteiger partial charge in [-0.05, 0) is 0 Å². The summed E-state index contributed by atoms with van der Waals surface area (Å²) in [7, 11) is 0. The summed E-state index contributed by atoms with van der Waals surface area (Å²) < 4.78 is 4.56. The quantitative estimate of drug-likeness (QED) is 0.492. The van der Waals surface area contributed by atoms with Gasteiger partial charge in [0.05, 0.1) is 12.4 Å². The Morgan fingerprint density at radius 3 is 2.75 bits per heavy atom. The molecule has 8 nitrogen and oxygen atoms in total. The Bertz CT molecular complexity index is 466. The molecule has 82 valence electrons. The number of hydrazine groups is 1. The van der Waals surface area contributed by atoms with Gasteiger partial charge in [0.15, 0.2) is 11.6 Å². The van der Waals surface area contributed by atoms with E-state index < -0.39 is 5.91 Å². The number of carbonyl (C=O) groups is 1. The summed E-state index contributed by atoms with van der Waals surface area (Å²) in [5, 5.41) is 6.01. The van der Waals surface area contributed by atoms with E-state index in [4.69, 9.17) is 5.84 Å². The summed E-state index contributed by atoms with van der Waals surface area (Å²) in [4.78, 5) is 19.3. The molecule has 0 saturated carbocycles. The van der Waals surface area contributed by atoms with Gasteiger partial charge in [-0.2, -0.15) is 0 Å². The fraction of sp³-hybridized carbons (Fsp3) is 0. The summed E-state index contributed by atoms with van der Waals surface area (Å²) in [5.74, 6) is 5.37. The number of nitrogens with one attached hydrogen (secondary N) is 2. The molecule has 2 aromatic rings. The average molecular weight is 220 g/mol. The van der Waals surface area contributed by atoms with Gasteiger partial charge in [0.1, 0.15) is 12.0 Å². The largest absolute Gasteiger partial charge is 0.363 e. The molecule has 2 aromatic heterocycles. The maximum absolute atomic E-state index is 11.6. The maximum Gasteiger partial charge on any atom is 0.277 e. The molecule has 0 radical (unpaired) electrons. The smallest absolute Gasteiger partial charge is 0.277 e. The van der Waals surface area contributed by atoms with E-state index in [1.807, 2.05) is 0 Å². The van der Waals surface area contributed by atoms with Crippen molar-refractivity contribution in [2.75, 3.05) is 10.7 Å². The van der Waals surface area contributed by atoms with Crippen molar-refractivity contribution in [3.05, 3.63) is 30.4 Å². The number of carbonyl (C=O) groups excluding carboxylic acids is 1. The number of hydrogen-bond donors (Lipinski definition) is 3. The number of rotatable bonds is 3. The molecule has 1 amide bonds. The molecule has 2 heterocycles. The number of nitrogens with two attached hydrogens (primary N) is 1. The molecule has 0 saturated heterocycles. The van der Waals surface area contributed by atoms with Crippen molar-refractivity contribution in [2.45, 2.75) is 0 Å². The lowest BCUT2D eigenvalue weighted by Gasteiger charge is -2.01. The monoisotopic (exact) mass is 220 g/mol. The van der Waals surface area contributed by atoms with Crippen molar-refractivity contribution in [1.29, 1.82) is 0 Å². The first kappa shape index (κ1) is 10.1. The minimum absolute atomic E-state index is 0.155. The van der Waals surface area contributed by atoms with Crippen molar-refractivity contribution in [2.24, 2.45) is 5.84 Å². The summed E-state index contributed by atoms with van der Waals surface area (Å²) in [6.45, 7) is 0. The number of nitrogen functional groups attached to an aromatic ring is 1. The predicted molar refractivity (Wildman–Crippen MR) is 54.3 cm³/mol. The van der Waals surface area contributed by atoms with Crippen molar-refractivity contribution in [3.63, 3.8) is 0 Å². The summed E-state index contributed by atoms with van der Waals surface area (Å²) in [6, 6.07) is 1.52. The van der Waals surface area contributed by atoms with Crippen LogP contribution >= 0.6 is 0 Å². The van der Waals surface area contributed by atoms with Crippen LogP contribution in [-0.2, 0) is 0 Å². The van der Waals surface area contributed by atoms with Gasteiger partial charge in [0.25, 0.3) is 5.91 Å². The van der Waals surface area contributed by atoms with Crippen molar-refractivity contribution in [3.8, 4) is 0 Å². The fourth-order valence-corrected chi connectivity index (χ4v) is 0.977. The molecule has 2 rings (SSSR count). The normalized spacial score (nSPS) is 9.81. The van der Waals surface area contributed by atoms with Crippen LogP contribution in [0.3, 0.4) is 0 Å². The molecule has 0 fully saturated rings. The minimum Gasteiger partial charge on any atom is -0.363 e. The SMILES string of the molecule is NNc1cnc(C(=O)Nc2ccon2)cn1. The number of aromatic nitrogens is 3. The average Bonchev–Trinajstić information content (AvgIpc) is 2.82. The molecule has 0 unspecified atom stereocenters. The highest BCUT2D eigenvalue weighted by Gasteiger charge is 2.09. The van der Waals surface area contributed by atoms with Gasteiger partial charge in [-0.3, -0.25) is 4.79 Å². The third-order valence-corrected chi connectivity index (χ3v) is 1.71. The molecule has 0 aromatic carbocycles. The van der Waals surface area contributed by atoms with Crippen LogP contribution in [0.4, 0.5) is 11.6 Å². The van der Waals surface area contributed by atoms with Crippen molar-refractivity contribution < 1.29 is 9.32 Å². The van der Waals surface area contributed by atoms with Gasteiger partial charge in [-0.25, -0.2) is 15.8 Å². The number of hydrogen-bond acceptors (Lipinski definition) is 7. The standard InChI is InChI=1S/C8H8N6O2/c9-13-7-4-10-5(3-11-7)8(15)12-6-1-2-16-14-6/h1-4H,9H2,(H,11,13)(H,12,14,15).